The van der Waals surface area contributed by atoms with Crippen molar-refractivity contribution in [3.05, 3.63) is 53.6 Å². The Morgan fingerprint density at radius 2 is 1.83 bits per heavy atom. The van der Waals surface area contributed by atoms with Gasteiger partial charge < -0.3 is 9.64 Å². The molecule has 1 amide bonds. The third kappa shape index (κ3) is 2.37. The lowest BCUT2D eigenvalue weighted by molar-refractivity contribution is 0.0526. The molecule has 2 aromatic carbocycles. The van der Waals surface area contributed by atoms with Gasteiger partial charge in [-0.15, -0.1) is 0 Å². The summed E-state index contributed by atoms with van der Waals surface area (Å²) in [6.45, 7) is 1.88. The number of ether oxygens (including phenoxy) is 1. The molecule has 0 radical (unpaired) electrons. The normalized spacial score (nSPS) is 15.2. The highest BCUT2D eigenvalue weighted by Crippen LogP contribution is 2.36. The van der Waals surface area contributed by atoms with E-state index >= 15 is 0 Å². The Morgan fingerprint density at radius 1 is 1.12 bits per heavy atom. The molecule has 0 fully saturated rings. The standard InChI is InChI=1S/C17H15NO5S/c1-3-23-17(20)11-8-9-15-13(10-11)18(2)16(19)12-6-4-5-7-14(12)24(15,21)22/h4-10H,3H2,1-2H3. The van der Waals surface area contributed by atoms with Gasteiger partial charge >= 0.3 is 5.97 Å². The molecule has 0 saturated heterocycles. The second kappa shape index (κ2) is 5.76. The second-order valence-corrected chi connectivity index (χ2v) is 7.15. The molecule has 24 heavy (non-hydrogen) atoms. The Kier molecular flexibility index (Phi) is 3.88. The van der Waals surface area contributed by atoms with Crippen molar-refractivity contribution >= 4 is 27.4 Å². The number of esters is 1. The third-order valence-corrected chi connectivity index (χ3v) is 5.69. The Labute approximate surface area is 139 Å². The third-order valence-electron chi connectivity index (χ3n) is 3.83. The maximum Gasteiger partial charge on any atom is 0.338 e. The van der Waals surface area contributed by atoms with E-state index < -0.39 is 21.7 Å². The van der Waals surface area contributed by atoms with Crippen LogP contribution in [0.2, 0.25) is 0 Å². The van der Waals surface area contributed by atoms with E-state index in [0.29, 0.717) is 0 Å². The van der Waals surface area contributed by atoms with E-state index in [1.165, 1.54) is 42.3 Å². The van der Waals surface area contributed by atoms with E-state index in [2.05, 4.69) is 0 Å². The minimum absolute atomic E-state index is 0.0173. The van der Waals surface area contributed by atoms with E-state index in [-0.39, 0.29) is 33.2 Å². The SMILES string of the molecule is CCOC(=O)c1ccc2c(c1)N(C)C(=O)c1ccccc1S2(=O)=O. The van der Waals surface area contributed by atoms with Crippen LogP contribution in [-0.2, 0) is 14.6 Å². The van der Waals surface area contributed by atoms with Crippen LogP contribution in [0.1, 0.15) is 27.6 Å². The highest BCUT2D eigenvalue weighted by molar-refractivity contribution is 7.91. The van der Waals surface area contributed by atoms with E-state index in [4.69, 9.17) is 4.74 Å². The van der Waals surface area contributed by atoms with Gasteiger partial charge in [-0.3, -0.25) is 4.79 Å². The largest absolute Gasteiger partial charge is 0.462 e. The molecular weight excluding hydrogens is 330 g/mol. The lowest BCUT2D eigenvalue weighted by Crippen LogP contribution is -2.26. The summed E-state index contributed by atoms with van der Waals surface area (Å²) in [5.41, 5.74) is 0.451. The van der Waals surface area contributed by atoms with Crippen molar-refractivity contribution in [3.8, 4) is 0 Å². The van der Waals surface area contributed by atoms with Gasteiger partial charge in [0.2, 0.25) is 9.84 Å². The molecular formula is C17H15NO5S. The predicted molar refractivity (Wildman–Crippen MR) is 87.0 cm³/mol. The fraction of sp³-hybridized carbons (Fsp3) is 0.176. The summed E-state index contributed by atoms with van der Waals surface area (Å²) >= 11 is 0. The molecule has 0 aromatic heterocycles. The summed E-state index contributed by atoms with van der Waals surface area (Å²) in [7, 11) is -2.39. The molecule has 1 aliphatic rings. The molecule has 0 bridgehead atoms. The monoisotopic (exact) mass is 345 g/mol. The van der Waals surface area contributed by atoms with E-state index in [0.717, 1.165) is 0 Å². The van der Waals surface area contributed by atoms with Gasteiger partial charge in [-0.1, -0.05) is 12.1 Å². The molecule has 6 nitrogen and oxygen atoms in total. The van der Waals surface area contributed by atoms with Crippen LogP contribution < -0.4 is 4.90 Å². The summed E-state index contributed by atoms with van der Waals surface area (Å²) in [4.78, 5) is 25.7. The van der Waals surface area contributed by atoms with E-state index in [1.807, 2.05) is 0 Å². The Hall–Kier alpha value is -2.67. The van der Waals surface area contributed by atoms with Crippen molar-refractivity contribution in [2.75, 3.05) is 18.6 Å². The average Bonchev–Trinajstić information content (AvgIpc) is 2.65. The molecule has 124 valence electrons. The number of carbonyl (C=O) groups excluding carboxylic acids is 2. The Balaban J connectivity index is 2.27. The summed E-state index contributed by atoms with van der Waals surface area (Å²) in [5.74, 6) is -1.02. The van der Waals surface area contributed by atoms with Gasteiger partial charge in [0.1, 0.15) is 0 Å². The number of benzene rings is 2. The lowest BCUT2D eigenvalue weighted by Gasteiger charge is -2.17. The lowest BCUT2D eigenvalue weighted by atomic mass is 10.1. The molecule has 2 aromatic rings. The summed E-state index contributed by atoms with van der Waals surface area (Å²) < 4.78 is 30.8. The van der Waals surface area contributed by atoms with Crippen molar-refractivity contribution < 1.29 is 22.7 Å². The summed E-state index contributed by atoms with van der Waals surface area (Å²) in [6, 6.07) is 10.2. The minimum Gasteiger partial charge on any atom is -0.462 e. The van der Waals surface area contributed by atoms with E-state index in [1.54, 1.807) is 19.1 Å². The van der Waals surface area contributed by atoms with Crippen molar-refractivity contribution in [2.24, 2.45) is 0 Å². The fourth-order valence-electron chi connectivity index (χ4n) is 2.63. The number of hydrogen-bond acceptors (Lipinski definition) is 5. The number of rotatable bonds is 2. The van der Waals surface area contributed by atoms with Crippen LogP contribution in [0.15, 0.2) is 52.3 Å². The van der Waals surface area contributed by atoms with E-state index in [9.17, 15) is 18.0 Å². The van der Waals surface area contributed by atoms with Crippen LogP contribution in [0.25, 0.3) is 0 Å². The maximum atomic E-state index is 12.9. The molecule has 7 heteroatoms. The second-order valence-electron chi connectivity index (χ2n) is 5.27. The van der Waals surface area contributed by atoms with Crippen LogP contribution >= 0.6 is 0 Å². The Bertz CT molecular complexity index is 949. The minimum atomic E-state index is -3.87. The highest BCUT2D eigenvalue weighted by Gasteiger charge is 2.34. The molecule has 3 rings (SSSR count). The first-order chi connectivity index (χ1) is 11.4. The van der Waals surface area contributed by atoms with Gasteiger partial charge in [-0.2, -0.15) is 0 Å². The molecule has 0 unspecified atom stereocenters. The Morgan fingerprint density at radius 3 is 2.54 bits per heavy atom. The number of sulfone groups is 1. The van der Waals surface area contributed by atoms with Gasteiger partial charge in [0.25, 0.3) is 5.91 Å². The van der Waals surface area contributed by atoms with Gasteiger partial charge in [0.15, 0.2) is 0 Å². The zero-order chi connectivity index (χ0) is 17.5. The van der Waals surface area contributed by atoms with Crippen molar-refractivity contribution in [1.82, 2.24) is 0 Å². The molecule has 0 saturated carbocycles. The smallest absolute Gasteiger partial charge is 0.338 e. The van der Waals surface area contributed by atoms with Gasteiger partial charge in [0, 0.05) is 7.05 Å². The highest BCUT2D eigenvalue weighted by atomic mass is 32.2. The number of amides is 1. The van der Waals surface area contributed by atoms with Crippen molar-refractivity contribution in [3.63, 3.8) is 0 Å². The quantitative estimate of drug-likeness (QED) is 0.780. The first-order valence-corrected chi connectivity index (χ1v) is 8.79. The van der Waals surface area contributed by atoms with Gasteiger partial charge in [-0.25, -0.2) is 13.2 Å². The summed E-state index contributed by atoms with van der Waals surface area (Å²) in [6.07, 6.45) is 0. The fourth-order valence-corrected chi connectivity index (χ4v) is 4.29. The zero-order valence-corrected chi connectivity index (χ0v) is 14.0. The topological polar surface area (TPSA) is 80.8 Å². The van der Waals surface area contributed by atoms with Crippen LogP contribution in [0, 0.1) is 0 Å². The number of hydrogen-bond donors (Lipinski definition) is 0. The van der Waals surface area contributed by atoms with Crippen LogP contribution in [0.5, 0.6) is 0 Å². The maximum absolute atomic E-state index is 12.9. The van der Waals surface area contributed by atoms with Crippen LogP contribution in [0.3, 0.4) is 0 Å². The molecule has 0 spiro atoms. The number of nitrogens with zero attached hydrogens (tertiary/aromatic N) is 1. The molecule has 0 atom stereocenters. The molecule has 0 aliphatic carbocycles. The number of fused-ring (bicyclic) bond motifs is 2. The summed E-state index contributed by atoms with van der Waals surface area (Å²) in [5, 5.41) is 0. The zero-order valence-electron chi connectivity index (χ0n) is 13.1. The van der Waals surface area contributed by atoms with Crippen molar-refractivity contribution in [1.29, 1.82) is 0 Å². The number of carbonyl (C=O) groups is 2. The van der Waals surface area contributed by atoms with Crippen LogP contribution in [0.4, 0.5) is 5.69 Å². The van der Waals surface area contributed by atoms with Crippen LogP contribution in [-0.4, -0.2) is 33.9 Å². The average molecular weight is 345 g/mol. The molecule has 1 heterocycles. The van der Waals surface area contributed by atoms with Gasteiger partial charge in [0.05, 0.1) is 33.2 Å². The molecule has 0 N–H and O–H groups in total. The molecule has 1 aliphatic heterocycles. The van der Waals surface area contributed by atoms with Gasteiger partial charge in [-0.05, 0) is 37.3 Å². The number of anilines is 1. The first kappa shape index (κ1) is 16.2. The van der Waals surface area contributed by atoms with Crippen molar-refractivity contribution in [2.45, 2.75) is 16.7 Å². The first-order valence-electron chi connectivity index (χ1n) is 7.31. The predicted octanol–water partition coefficient (Wildman–Crippen LogP) is 2.29.